The summed E-state index contributed by atoms with van der Waals surface area (Å²) in [6.45, 7) is 13.5. The summed E-state index contributed by atoms with van der Waals surface area (Å²) in [4.78, 5) is 13.6. The van der Waals surface area contributed by atoms with Crippen molar-refractivity contribution in [1.82, 2.24) is 9.97 Å². The van der Waals surface area contributed by atoms with E-state index in [0.29, 0.717) is 0 Å². The maximum Gasteiger partial charge on any atom is 0.0366 e. The van der Waals surface area contributed by atoms with E-state index in [4.69, 9.17) is 0 Å². The van der Waals surface area contributed by atoms with Gasteiger partial charge in [0.05, 0.1) is 0 Å². The Morgan fingerprint density at radius 2 is 0.625 bits per heavy atom. The summed E-state index contributed by atoms with van der Waals surface area (Å²) in [5.41, 5.74) is 12.0. The summed E-state index contributed by atoms with van der Waals surface area (Å²) in [7, 11) is 0. The lowest BCUT2D eigenvalue weighted by Gasteiger charge is -2.24. The number of pyridine rings is 2. The van der Waals surface area contributed by atoms with Crippen LogP contribution in [0.3, 0.4) is 0 Å². The zero-order valence-electron chi connectivity index (χ0n) is 38.6. The van der Waals surface area contributed by atoms with Crippen molar-refractivity contribution in [2.45, 2.75) is 79.1 Å². The quantitative estimate of drug-likeness (QED) is 0.0503. The number of rotatable bonds is 22. The van der Waals surface area contributed by atoms with Crippen LogP contribution >= 0.6 is 0 Å². The predicted octanol–water partition coefficient (Wildman–Crippen LogP) is 16.3. The maximum atomic E-state index is 4.22. The number of benzene rings is 5. The second-order valence-electron chi connectivity index (χ2n) is 16.9. The molecule has 0 radical (unpaired) electrons. The highest BCUT2D eigenvalue weighted by Crippen LogP contribution is 2.37. The Balaban J connectivity index is 1.34. The van der Waals surface area contributed by atoms with Crippen LogP contribution in [0.15, 0.2) is 134 Å². The summed E-state index contributed by atoms with van der Waals surface area (Å²) >= 11 is 0. The number of hydrogen-bond donors (Lipinski definition) is 0. The fourth-order valence-electron chi connectivity index (χ4n) is 8.32. The van der Waals surface area contributed by atoms with Gasteiger partial charge in [0, 0.05) is 62.3 Å². The first-order valence-corrected chi connectivity index (χ1v) is 23.8. The van der Waals surface area contributed by atoms with Crippen molar-refractivity contribution in [3.63, 3.8) is 0 Å². The molecule has 0 bridgehead atoms. The minimum absolute atomic E-state index is 1.10. The molecule has 0 saturated heterocycles. The minimum atomic E-state index is 1.10. The predicted molar refractivity (Wildman–Crippen MR) is 283 cm³/mol. The van der Waals surface area contributed by atoms with Crippen molar-refractivity contribution in [1.29, 1.82) is 0 Å². The summed E-state index contributed by atoms with van der Waals surface area (Å²) < 4.78 is 0. The Hall–Kier alpha value is -6.52. The van der Waals surface area contributed by atoms with Crippen molar-refractivity contribution in [2.24, 2.45) is 0 Å². The van der Waals surface area contributed by atoms with Gasteiger partial charge in [0.15, 0.2) is 0 Å². The number of hydrogen-bond acceptors (Lipinski definition) is 4. The van der Waals surface area contributed by atoms with Gasteiger partial charge < -0.3 is 9.80 Å². The van der Waals surface area contributed by atoms with Gasteiger partial charge in [-0.25, -0.2) is 0 Å². The van der Waals surface area contributed by atoms with Crippen LogP contribution in [0.5, 0.6) is 0 Å². The van der Waals surface area contributed by atoms with E-state index in [9.17, 15) is 0 Å². The van der Waals surface area contributed by atoms with Gasteiger partial charge in [-0.1, -0.05) is 151 Å². The number of unbranched alkanes of at least 4 members (excludes halogenated alkanes) is 4. The number of nitrogens with zero attached hydrogens (tertiary/aromatic N) is 4. The first-order valence-electron chi connectivity index (χ1n) is 23.8. The number of fused-ring (bicyclic) bond motifs is 2. The molecule has 2 heterocycles. The molecule has 0 atom stereocenters. The second-order valence-corrected chi connectivity index (χ2v) is 16.9. The third-order valence-corrected chi connectivity index (χ3v) is 12.1. The largest absolute Gasteiger partial charge is 0.372 e. The SMILES string of the molecule is CCCCN(CCCC)c1ccc(/C=C/c2c3ccc(/C=C/c4ccncc4)cc3c(/C=C/c3ccc(N(CCCC)CCCC)cc3)c3ccc(/C=C/c4ccncc4)cc23)cc1. The Labute approximate surface area is 383 Å². The van der Waals surface area contributed by atoms with Gasteiger partial charge in [0.1, 0.15) is 0 Å². The standard InChI is InChI=1S/C60H66N4/c1-5-9-41-63(42-10-6-2)53-25-17-47(18-26-53)21-29-55-57-31-23-52(16-14-50-35-39-62-40-36-50)46-60(57)56(58-32-24-51(45-59(55)58)15-13-49-33-37-61-38-34-49)30-22-48-19-27-54(28-20-48)64(43-11-7-3)44-12-8-4/h13-40,45-46H,5-12,41-44H2,1-4H3/b15-13+,16-14+,29-21+,30-22+. The number of anilines is 2. The van der Waals surface area contributed by atoms with E-state index in [1.54, 1.807) is 0 Å². The molecule has 0 aliphatic heterocycles. The lowest BCUT2D eigenvalue weighted by Crippen LogP contribution is -2.25. The summed E-state index contributed by atoms with van der Waals surface area (Å²) in [6.07, 6.45) is 35.0. The molecule has 0 aliphatic rings. The molecule has 7 aromatic rings. The van der Waals surface area contributed by atoms with Crippen molar-refractivity contribution < 1.29 is 0 Å². The van der Waals surface area contributed by atoms with Crippen LogP contribution in [0.4, 0.5) is 11.4 Å². The third kappa shape index (κ3) is 12.3. The van der Waals surface area contributed by atoms with Crippen molar-refractivity contribution in [3.05, 3.63) is 178 Å². The maximum absolute atomic E-state index is 4.22. The molecular formula is C60H66N4. The molecule has 2 aromatic heterocycles. The van der Waals surface area contributed by atoms with Crippen molar-refractivity contribution in [2.75, 3.05) is 36.0 Å². The van der Waals surface area contributed by atoms with Crippen LogP contribution in [-0.2, 0) is 0 Å². The first kappa shape index (κ1) is 45.5. The normalized spacial score (nSPS) is 11.9. The lowest BCUT2D eigenvalue weighted by atomic mass is 9.88. The van der Waals surface area contributed by atoms with E-state index < -0.39 is 0 Å². The molecule has 0 unspecified atom stereocenters. The van der Waals surface area contributed by atoms with E-state index in [2.05, 4.69) is 181 Å². The monoisotopic (exact) mass is 843 g/mol. The van der Waals surface area contributed by atoms with Gasteiger partial charge in [0.2, 0.25) is 0 Å². The highest BCUT2D eigenvalue weighted by Gasteiger charge is 2.14. The topological polar surface area (TPSA) is 32.3 Å². The molecule has 0 N–H and O–H groups in total. The van der Waals surface area contributed by atoms with Gasteiger partial charge in [-0.2, -0.15) is 0 Å². The fraction of sp³-hybridized carbons (Fsp3) is 0.267. The Morgan fingerprint density at radius 1 is 0.328 bits per heavy atom. The molecule has 0 spiro atoms. The summed E-state index contributed by atoms with van der Waals surface area (Å²) in [5, 5.41) is 4.89. The molecule has 5 aromatic carbocycles. The second kappa shape index (κ2) is 23.8. The molecule has 7 rings (SSSR count). The highest BCUT2D eigenvalue weighted by atomic mass is 15.1. The molecule has 0 amide bonds. The van der Waals surface area contributed by atoms with E-state index in [0.717, 1.165) is 48.4 Å². The average Bonchev–Trinajstić information content (AvgIpc) is 3.35. The minimum Gasteiger partial charge on any atom is -0.372 e. The van der Waals surface area contributed by atoms with Gasteiger partial charge in [0.25, 0.3) is 0 Å². The smallest absolute Gasteiger partial charge is 0.0366 e. The van der Waals surface area contributed by atoms with Crippen molar-refractivity contribution >= 4 is 81.5 Å². The lowest BCUT2D eigenvalue weighted by molar-refractivity contribution is 0.678. The molecule has 4 heteroatoms. The van der Waals surface area contributed by atoms with E-state index in [1.807, 2.05) is 49.1 Å². The molecule has 0 aliphatic carbocycles. The van der Waals surface area contributed by atoms with E-state index in [-0.39, 0.29) is 0 Å². The van der Waals surface area contributed by atoms with Crippen LogP contribution in [0.25, 0.3) is 70.2 Å². The fourth-order valence-corrected chi connectivity index (χ4v) is 8.32. The highest BCUT2D eigenvalue weighted by molar-refractivity contribution is 6.15. The first-order chi connectivity index (χ1) is 31.6. The van der Waals surface area contributed by atoms with Gasteiger partial charge in [-0.15, -0.1) is 0 Å². The molecule has 64 heavy (non-hydrogen) atoms. The summed E-state index contributed by atoms with van der Waals surface area (Å²) in [6, 6.07) is 40.4. The average molecular weight is 843 g/mol. The third-order valence-electron chi connectivity index (χ3n) is 12.1. The number of aromatic nitrogens is 2. The molecule has 326 valence electrons. The summed E-state index contributed by atoms with van der Waals surface area (Å²) in [5.74, 6) is 0. The van der Waals surface area contributed by atoms with Crippen molar-refractivity contribution in [3.8, 4) is 0 Å². The van der Waals surface area contributed by atoms with Gasteiger partial charge in [-0.05, 0) is 152 Å². The van der Waals surface area contributed by atoms with Crippen LogP contribution in [0.2, 0.25) is 0 Å². The molecule has 4 nitrogen and oxygen atoms in total. The van der Waals surface area contributed by atoms with Gasteiger partial charge >= 0.3 is 0 Å². The van der Waals surface area contributed by atoms with E-state index in [1.165, 1.54) is 107 Å². The Bertz CT molecular complexity index is 2440. The van der Waals surface area contributed by atoms with Crippen LogP contribution in [0.1, 0.15) is 124 Å². The van der Waals surface area contributed by atoms with Crippen LogP contribution in [0, 0.1) is 0 Å². The van der Waals surface area contributed by atoms with Crippen LogP contribution in [-0.4, -0.2) is 36.1 Å². The van der Waals surface area contributed by atoms with Crippen LogP contribution < -0.4 is 9.80 Å². The molecular weight excluding hydrogens is 777 g/mol. The van der Waals surface area contributed by atoms with Gasteiger partial charge in [-0.3, -0.25) is 9.97 Å². The zero-order chi connectivity index (χ0) is 44.4. The van der Waals surface area contributed by atoms with E-state index >= 15 is 0 Å². The molecule has 0 fully saturated rings. The Morgan fingerprint density at radius 3 is 0.969 bits per heavy atom. The molecule has 0 saturated carbocycles. The Kier molecular flexibility index (Phi) is 16.9. The zero-order valence-corrected chi connectivity index (χ0v) is 38.6.